The Labute approximate surface area is 191 Å². The molecular formula is C24H25N9. The van der Waals surface area contributed by atoms with Crippen molar-refractivity contribution in [3.05, 3.63) is 89.3 Å². The number of aromatic nitrogens is 7. The van der Waals surface area contributed by atoms with Crippen LogP contribution in [0.15, 0.2) is 61.3 Å². The summed E-state index contributed by atoms with van der Waals surface area (Å²) < 4.78 is 3.80. The Morgan fingerprint density at radius 2 is 1.76 bits per heavy atom. The number of hydrogen-bond acceptors (Lipinski definition) is 7. The minimum Gasteiger partial charge on any atom is -0.383 e. The van der Waals surface area contributed by atoms with Crippen LogP contribution in [0, 0.1) is 13.8 Å². The average molecular weight is 440 g/mol. The second-order valence-electron chi connectivity index (χ2n) is 8.09. The van der Waals surface area contributed by atoms with E-state index in [9.17, 15) is 0 Å². The molecule has 0 spiro atoms. The number of pyridine rings is 1. The van der Waals surface area contributed by atoms with Crippen molar-refractivity contribution in [2.45, 2.75) is 33.5 Å². The van der Waals surface area contributed by atoms with Gasteiger partial charge in [0.15, 0.2) is 5.65 Å². The van der Waals surface area contributed by atoms with E-state index in [1.54, 1.807) is 6.20 Å². The highest BCUT2D eigenvalue weighted by molar-refractivity contribution is 5.85. The molecule has 0 fully saturated rings. The molecule has 0 radical (unpaired) electrons. The van der Waals surface area contributed by atoms with E-state index in [1.807, 2.05) is 41.7 Å². The summed E-state index contributed by atoms with van der Waals surface area (Å²) in [4.78, 5) is 13.2. The van der Waals surface area contributed by atoms with Gasteiger partial charge in [-0.1, -0.05) is 24.3 Å². The second-order valence-corrected chi connectivity index (χ2v) is 8.09. The number of aryl methyl sites for hydroxylation is 2. The summed E-state index contributed by atoms with van der Waals surface area (Å²) in [5.41, 5.74) is 11.9. The molecule has 33 heavy (non-hydrogen) atoms. The van der Waals surface area contributed by atoms with Crippen LogP contribution in [-0.4, -0.2) is 34.5 Å². The van der Waals surface area contributed by atoms with Crippen molar-refractivity contribution in [2.24, 2.45) is 0 Å². The molecule has 4 aromatic heterocycles. The van der Waals surface area contributed by atoms with E-state index in [0.717, 1.165) is 40.1 Å². The predicted molar refractivity (Wildman–Crippen MR) is 128 cm³/mol. The number of nitrogen functional groups attached to an aromatic ring is 1. The van der Waals surface area contributed by atoms with E-state index in [1.165, 1.54) is 11.9 Å². The van der Waals surface area contributed by atoms with Crippen molar-refractivity contribution in [3.8, 4) is 0 Å². The molecule has 166 valence electrons. The lowest BCUT2D eigenvalue weighted by molar-refractivity contribution is 0.681. The molecule has 0 atom stereocenters. The number of anilines is 2. The molecule has 0 saturated carbocycles. The zero-order chi connectivity index (χ0) is 22.8. The Kier molecular flexibility index (Phi) is 5.43. The highest BCUT2D eigenvalue weighted by Gasteiger charge is 2.10. The van der Waals surface area contributed by atoms with Crippen LogP contribution in [0.1, 0.15) is 27.9 Å². The lowest BCUT2D eigenvalue weighted by atomic mass is 10.1. The summed E-state index contributed by atoms with van der Waals surface area (Å²) in [6.45, 7) is 5.92. The molecule has 0 amide bonds. The number of rotatable bonds is 7. The normalized spacial score (nSPS) is 11.2. The molecule has 0 aliphatic heterocycles. The molecule has 9 heteroatoms. The average Bonchev–Trinajstić information content (AvgIpc) is 3.46. The van der Waals surface area contributed by atoms with Crippen molar-refractivity contribution in [3.63, 3.8) is 0 Å². The number of nitrogens with zero attached hydrogens (tertiary/aromatic N) is 7. The molecular weight excluding hydrogens is 414 g/mol. The first kappa shape index (κ1) is 20.6. The van der Waals surface area contributed by atoms with Gasteiger partial charge < -0.3 is 11.1 Å². The highest BCUT2D eigenvalue weighted by Crippen LogP contribution is 2.21. The summed E-state index contributed by atoms with van der Waals surface area (Å²) >= 11 is 0. The fraction of sp³-hybridized carbons (Fsp3) is 0.208. The van der Waals surface area contributed by atoms with Crippen molar-refractivity contribution in [1.29, 1.82) is 0 Å². The topological polar surface area (TPSA) is 112 Å². The molecule has 3 N–H and O–H groups in total. The van der Waals surface area contributed by atoms with Crippen LogP contribution in [0.2, 0.25) is 0 Å². The fourth-order valence-corrected chi connectivity index (χ4v) is 3.76. The summed E-state index contributed by atoms with van der Waals surface area (Å²) in [5.74, 6) is 1.31. The second kappa shape index (κ2) is 8.70. The zero-order valence-electron chi connectivity index (χ0n) is 18.6. The lowest BCUT2D eigenvalue weighted by Crippen LogP contribution is -2.07. The molecule has 0 aliphatic rings. The van der Waals surface area contributed by atoms with Gasteiger partial charge in [0.2, 0.25) is 0 Å². The van der Waals surface area contributed by atoms with Crippen molar-refractivity contribution >= 4 is 22.7 Å². The van der Waals surface area contributed by atoms with Crippen LogP contribution in [0.3, 0.4) is 0 Å². The van der Waals surface area contributed by atoms with E-state index in [-0.39, 0.29) is 0 Å². The summed E-state index contributed by atoms with van der Waals surface area (Å²) in [6, 6.07) is 12.5. The standard InChI is InChI=1S/C24H25N9/c1-16-10-20(17(2)30-22(16)25)11-26-23-21-14-33(31-24(21)28-15-27-23)13-19-6-4-18(5-7-19)12-32-9-3-8-29-32/h3-10,14-15H,11-13H2,1-2H3,(H2,25,30)(H,26,27,28,31). The van der Waals surface area contributed by atoms with Gasteiger partial charge in [-0.3, -0.25) is 9.36 Å². The quantitative estimate of drug-likeness (QED) is 0.400. The third kappa shape index (κ3) is 4.52. The Balaban J connectivity index is 1.31. The van der Waals surface area contributed by atoms with Crippen molar-refractivity contribution < 1.29 is 0 Å². The fourth-order valence-electron chi connectivity index (χ4n) is 3.76. The Morgan fingerprint density at radius 3 is 2.48 bits per heavy atom. The van der Waals surface area contributed by atoms with E-state index in [0.29, 0.717) is 24.6 Å². The summed E-state index contributed by atoms with van der Waals surface area (Å²) in [6.07, 6.45) is 7.26. The molecule has 5 aromatic rings. The van der Waals surface area contributed by atoms with Crippen LogP contribution in [0.25, 0.3) is 11.0 Å². The van der Waals surface area contributed by atoms with Crippen LogP contribution < -0.4 is 11.1 Å². The predicted octanol–water partition coefficient (Wildman–Crippen LogP) is 3.33. The maximum absolute atomic E-state index is 5.91. The number of nitrogens with one attached hydrogen (secondary N) is 1. The first-order valence-electron chi connectivity index (χ1n) is 10.7. The van der Waals surface area contributed by atoms with Gasteiger partial charge in [0, 0.05) is 30.8 Å². The monoisotopic (exact) mass is 439 g/mol. The van der Waals surface area contributed by atoms with Gasteiger partial charge in [-0.2, -0.15) is 10.2 Å². The van der Waals surface area contributed by atoms with E-state index in [4.69, 9.17) is 5.73 Å². The third-order valence-corrected chi connectivity index (χ3v) is 5.63. The van der Waals surface area contributed by atoms with Crippen LogP contribution in [0.5, 0.6) is 0 Å². The minimum absolute atomic E-state index is 0.566. The van der Waals surface area contributed by atoms with Gasteiger partial charge in [0.05, 0.1) is 18.5 Å². The van der Waals surface area contributed by atoms with Crippen LogP contribution in [0.4, 0.5) is 11.6 Å². The molecule has 0 bridgehead atoms. The maximum Gasteiger partial charge on any atom is 0.186 e. The highest BCUT2D eigenvalue weighted by atomic mass is 15.3. The molecule has 1 aromatic carbocycles. The molecule has 4 heterocycles. The van der Waals surface area contributed by atoms with Gasteiger partial charge in [0.25, 0.3) is 0 Å². The van der Waals surface area contributed by atoms with Gasteiger partial charge >= 0.3 is 0 Å². The zero-order valence-corrected chi connectivity index (χ0v) is 18.6. The SMILES string of the molecule is Cc1cc(CNc2ncnc3nn(Cc4ccc(Cn5cccn5)cc4)cc23)c(C)nc1N. The van der Waals surface area contributed by atoms with Gasteiger partial charge in [-0.15, -0.1) is 0 Å². The molecule has 0 saturated heterocycles. The van der Waals surface area contributed by atoms with Crippen LogP contribution in [-0.2, 0) is 19.6 Å². The number of hydrogen-bond donors (Lipinski definition) is 2. The molecule has 0 unspecified atom stereocenters. The smallest absolute Gasteiger partial charge is 0.186 e. The largest absolute Gasteiger partial charge is 0.383 e. The number of benzene rings is 1. The minimum atomic E-state index is 0.566. The van der Waals surface area contributed by atoms with Gasteiger partial charge in [-0.25, -0.2) is 15.0 Å². The first-order valence-corrected chi connectivity index (χ1v) is 10.7. The Morgan fingerprint density at radius 1 is 1.00 bits per heavy atom. The molecule has 0 aliphatic carbocycles. The van der Waals surface area contributed by atoms with Crippen LogP contribution >= 0.6 is 0 Å². The van der Waals surface area contributed by atoms with Crippen molar-refractivity contribution in [1.82, 2.24) is 34.5 Å². The van der Waals surface area contributed by atoms with E-state index >= 15 is 0 Å². The summed E-state index contributed by atoms with van der Waals surface area (Å²) in [7, 11) is 0. The van der Waals surface area contributed by atoms with Gasteiger partial charge in [-0.05, 0) is 48.2 Å². The molecule has 5 rings (SSSR count). The lowest BCUT2D eigenvalue weighted by Gasteiger charge is -2.10. The molecule has 9 nitrogen and oxygen atoms in total. The first-order chi connectivity index (χ1) is 16.0. The number of fused-ring (bicyclic) bond motifs is 1. The van der Waals surface area contributed by atoms with Gasteiger partial charge in [0.1, 0.15) is 18.0 Å². The van der Waals surface area contributed by atoms with Crippen molar-refractivity contribution in [2.75, 3.05) is 11.1 Å². The number of nitrogens with two attached hydrogens (primary N) is 1. The Bertz CT molecular complexity index is 1390. The Hall–Kier alpha value is -4.27. The van der Waals surface area contributed by atoms with E-state index < -0.39 is 0 Å². The van der Waals surface area contributed by atoms with E-state index in [2.05, 4.69) is 60.8 Å². The third-order valence-electron chi connectivity index (χ3n) is 5.63. The summed E-state index contributed by atoms with van der Waals surface area (Å²) in [5, 5.41) is 13.2. The maximum atomic E-state index is 5.91.